The van der Waals surface area contributed by atoms with Gasteiger partial charge in [0.15, 0.2) is 0 Å². The van der Waals surface area contributed by atoms with Gasteiger partial charge in [-0.3, -0.25) is 9.78 Å². The molecule has 0 amide bonds. The van der Waals surface area contributed by atoms with Gasteiger partial charge in [0.1, 0.15) is 23.1 Å². The van der Waals surface area contributed by atoms with Crippen molar-refractivity contribution in [1.29, 1.82) is 0 Å². The predicted octanol–water partition coefficient (Wildman–Crippen LogP) is 5.43. The molecule has 0 fully saturated rings. The Morgan fingerprint density at radius 2 is 1.97 bits per heavy atom. The number of carbonyl (C=O) groups is 1. The van der Waals surface area contributed by atoms with Crippen LogP contribution in [-0.4, -0.2) is 20.3 Å². The van der Waals surface area contributed by atoms with Gasteiger partial charge in [0.25, 0.3) is 0 Å². The number of rotatable bonds is 6. The zero-order valence-corrected chi connectivity index (χ0v) is 17.1. The summed E-state index contributed by atoms with van der Waals surface area (Å²) in [6.45, 7) is 1.52. The van der Waals surface area contributed by atoms with Crippen molar-refractivity contribution in [3.05, 3.63) is 71.3 Å². The number of aryl methyl sites for hydroxylation is 1. The van der Waals surface area contributed by atoms with E-state index < -0.39 is 5.82 Å². The highest BCUT2D eigenvalue weighted by Gasteiger charge is 2.12. The van der Waals surface area contributed by atoms with Gasteiger partial charge in [-0.2, -0.15) is 0 Å². The van der Waals surface area contributed by atoms with Crippen LogP contribution in [0.25, 0.3) is 11.0 Å². The average Bonchev–Trinajstić information content (AvgIpc) is 2.99. The molecule has 2 aromatic heterocycles. The van der Waals surface area contributed by atoms with Crippen LogP contribution in [0, 0.1) is 5.82 Å². The number of pyridine rings is 1. The number of fused-ring (bicyclic) bond motifs is 1. The molecule has 0 aliphatic carbocycles. The van der Waals surface area contributed by atoms with Crippen molar-refractivity contribution in [3.8, 4) is 11.5 Å². The standard InChI is InChI=1S/C22H18ClFN4O2/c1-13(29)9-15-11-17(7-8-25-15)30-16-4-6-21-20(12-16)27-22(28(21)2)26-19-10-14(23)3-5-18(19)24/h3-8,10-12H,9H2,1-2H3,(H,26,27). The fourth-order valence-corrected chi connectivity index (χ4v) is 3.25. The quantitative estimate of drug-likeness (QED) is 0.447. The van der Waals surface area contributed by atoms with Gasteiger partial charge in [0, 0.05) is 36.8 Å². The second-order valence-corrected chi connectivity index (χ2v) is 7.29. The Morgan fingerprint density at radius 3 is 2.77 bits per heavy atom. The molecule has 4 aromatic rings. The molecule has 0 spiro atoms. The van der Waals surface area contributed by atoms with E-state index in [-0.39, 0.29) is 17.9 Å². The van der Waals surface area contributed by atoms with Crippen molar-refractivity contribution in [2.24, 2.45) is 7.05 Å². The molecule has 4 rings (SSSR count). The number of aromatic nitrogens is 3. The summed E-state index contributed by atoms with van der Waals surface area (Å²) in [6, 6.07) is 13.2. The Balaban J connectivity index is 1.60. The van der Waals surface area contributed by atoms with Gasteiger partial charge < -0.3 is 14.6 Å². The molecule has 152 valence electrons. The third-order valence-electron chi connectivity index (χ3n) is 4.48. The summed E-state index contributed by atoms with van der Waals surface area (Å²) in [5.41, 5.74) is 2.42. The Bertz CT molecular complexity index is 1260. The van der Waals surface area contributed by atoms with E-state index in [1.54, 1.807) is 24.4 Å². The molecule has 0 unspecified atom stereocenters. The van der Waals surface area contributed by atoms with Crippen LogP contribution in [0.4, 0.5) is 16.0 Å². The zero-order valence-electron chi connectivity index (χ0n) is 16.3. The highest BCUT2D eigenvalue weighted by Crippen LogP contribution is 2.29. The molecule has 0 aliphatic heterocycles. The van der Waals surface area contributed by atoms with E-state index in [1.165, 1.54) is 25.1 Å². The highest BCUT2D eigenvalue weighted by atomic mass is 35.5. The van der Waals surface area contributed by atoms with Gasteiger partial charge in [-0.15, -0.1) is 0 Å². The lowest BCUT2D eigenvalue weighted by atomic mass is 10.2. The van der Waals surface area contributed by atoms with Crippen molar-refractivity contribution < 1.29 is 13.9 Å². The lowest BCUT2D eigenvalue weighted by molar-refractivity contribution is -0.116. The molecule has 2 aromatic carbocycles. The van der Waals surface area contributed by atoms with Gasteiger partial charge in [-0.25, -0.2) is 9.37 Å². The number of ketones is 1. The van der Waals surface area contributed by atoms with E-state index in [0.717, 1.165) is 5.52 Å². The van der Waals surface area contributed by atoms with Crippen molar-refractivity contribution in [1.82, 2.24) is 14.5 Å². The van der Waals surface area contributed by atoms with Crippen LogP contribution in [0.5, 0.6) is 11.5 Å². The maximum atomic E-state index is 14.1. The number of ether oxygens (including phenoxy) is 1. The van der Waals surface area contributed by atoms with E-state index in [2.05, 4.69) is 15.3 Å². The minimum absolute atomic E-state index is 0.0331. The van der Waals surface area contributed by atoms with E-state index >= 15 is 0 Å². The predicted molar refractivity (Wildman–Crippen MR) is 114 cm³/mol. The van der Waals surface area contributed by atoms with E-state index in [0.29, 0.717) is 33.7 Å². The van der Waals surface area contributed by atoms with Crippen molar-refractivity contribution in [3.63, 3.8) is 0 Å². The molecule has 0 saturated heterocycles. The first-order valence-electron chi connectivity index (χ1n) is 9.20. The molecular formula is C22H18ClFN4O2. The molecular weight excluding hydrogens is 407 g/mol. The van der Waals surface area contributed by atoms with Crippen LogP contribution in [-0.2, 0) is 18.3 Å². The average molecular weight is 425 g/mol. The summed E-state index contributed by atoms with van der Waals surface area (Å²) >= 11 is 5.96. The van der Waals surface area contributed by atoms with Crippen molar-refractivity contribution in [2.75, 3.05) is 5.32 Å². The number of halogens is 2. The summed E-state index contributed by atoms with van der Waals surface area (Å²) in [4.78, 5) is 20.0. The first-order chi connectivity index (χ1) is 14.4. The number of hydrogen-bond donors (Lipinski definition) is 1. The van der Waals surface area contributed by atoms with Crippen LogP contribution in [0.2, 0.25) is 5.02 Å². The summed E-state index contributed by atoms with van der Waals surface area (Å²) < 4.78 is 21.8. The lowest BCUT2D eigenvalue weighted by Crippen LogP contribution is -2.00. The number of carbonyl (C=O) groups excluding carboxylic acids is 1. The normalized spacial score (nSPS) is 10.9. The van der Waals surface area contributed by atoms with Crippen LogP contribution in [0.1, 0.15) is 12.6 Å². The van der Waals surface area contributed by atoms with Gasteiger partial charge in [0.05, 0.1) is 22.4 Å². The fourth-order valence-electron chi connectivity index (χ4n) is 3.08. The summed E-state index contributed by atoms with van der Waals surface area (Å²) in [7, 11) is 1.83. The molecule has 6 nitrogen and oxygen atoms in total. The van der Waals surface area contributed by atoms with E-state index in [1.807, 2.05) is 23.7 Å². The van der Waals surface area contributed by atoms with Crippen molar-refractivity contribution >= 4 is 40.1 Å². The number of imidazole rings is 1. The minimum atomic E-state index is -0.422. The fraction of sp³-hybridized carbons (Fsp3) is 0.136. The Kier molecular flexibility index (Phi) is 5.37. The van der Waals surface area contributed by atoms with Crippen molar-refractivity contribution in [2.45, 2.75) is 13.3 Å². The number of hydrogen-bond acceptors (Lipinski definition) is 5. The van der Waals surface area contributed by atoms with Gasteiger partial charge in [-0.1, -0.05) is 11.6 Å². The van der Waals surface area contributed by atoms with E-state index in [4.69, 9.17) is 16.3 Å². The molecule has 0 radical (unpaired) electrons. The summed E-state index contributed by atoms with van der Waals surface area (Å²) in [5.74, 6) is 1.24. The number of nitrogens with zero attached hydrogens (tertiary/aromatic N) is 3. The smallest absolute Gasteiger partial charge is 0.208 e. The van der Waals surface area contributed by atoms with Gasteiger partial charge in [-0.05, 0) is 43.3 Å². The third kappa shape index (κ3) is 4.26. The maximum absolute atomic E-state index is 14.1. The lowest BCUT2D eigenvalue weighted by Gasteiger charge is -2.08. The summed E-state index contributed by atoms with van der Waals surface area (Å²) in [6.07, 6.45) is 1.86. The molecule has 30 heavy (non-hydrogen) atoms. The topological polar surface area (TPSA) is 69.0 Å². The van der Waals surface area contributed by atoms with Crippen LogP contribution >= 0.6 is 11.6 Å². The zero-order chi connectivity index (χ0) is 21.3. The SMILES string of the molecule is CC(=O)Cc1cc(Oc2ccc3c(c2)nc(Nc2cc(Cl)ccc2F)n3C)ccn1. The Labute approximate surface area is 177 Å². The molecule has 0 atom stereocenters. The van der Waals surface area contributed by atoms with Crippen LogP contribution < -0.4 is 10.1 Å². The number of benzene rings is 2. The second kappa shape index (κ2) is 8.12. The molecule has 0 saturated carbocycles. The molecule has 0 aliphatic rings. The van der Waals surface area contributed by atoms with Crippen LogP contribution in [0.3, 0.4) is 0 Å². The molecule has 1 N–H and O–H groups in total. The van der Waals surface area contributed by atoms with Gasteiger partial charge >= 0.3 is 0 Å². The Hall–Kier alpha value is -3.45. The Morgan fingerprint density at radius 1 is 1.17 bits per heavy atom. The highest BCUT2D eigenvalue weighted by molar-refractivity contribution is 6.30. The molecule has 8 heteroatoms. The third-order valence-corrected chi connectivity index (χ3v) is 4.72. The maximum Gasteiger partial charge on any atom is 0.208 e. The van der Waals surface area contributed by atoms with Crippen LogP contribution in [0.15, 0.2) is 54.7 Å². The molecule has 2 heterocycles. The monoisotopic (exact) mass is 424 g/mol. The first kappa shape index (κ1) is 19.8. The molecule has 0 bridgehead atoms. The van der Waals surface area contributed by atoms with E-state index in [9.17, 15) is 9.18 Å². The van der Waals surface area contributed by atoms with Gasteiger partial charge in [0.2, 0.25) is 5.95 Å². The second-order valence-electron chi connectivity index (χ2n) is 6.86. The minimum Gasteiger partial charge on any atom is -0.457 e. The first-order valence-corrected chi connectivity index (χ1v) is 9.57. The summed E-state index contributed by atoms with van der Waals surface area (Å²) in [5, 5.41) is 3.40. The number of Topliss-reactive ketones (excluding diaryl/α,β-unsaturated/α-hetero) is 1. The largest absolute Gasteiger partial charge is 0.457 e. The number of anilines is 2. The number of nitrogens with one attached hydrogen (secondary N) is 1.